The molecule has 0 aliphatic carbocycles. The standard InChI is InChI=1S/C13H18N2O2/c1-2-17-13(16)15-7-5-10-3-4-12(14)9-11(10)6-8-15/h3-4,9H,2,5-8,14H2,1H3. The number of amides is 1. The Hall–Kier alpha value is -1.71. The molecule has 2 N–H and O–H groups in total. The van der Waals surface area contributed by atoms with Gasteiger partial charge in [0.1, 0.15) is 0 Å². The van der Waals surface area contributed by atoms with Gasteiger partial charge in [-0.2, -0.15) is 0 Å². The van der Waals surface area contributed by atoms with Gasteiger partial charge in [0, 0.05) is 18.8 Å². The van der Waals surface area contributed by atoms with Gasteiger partial charge in [-0.25, -0.2) is 4.79 Å². The summed E-state index contributed by atoms with van der Waals surface area (Å²) in [6.45, 7) is 3.67. The van der Waals surface area contributed by atoms with E-state index in [-0.39, 0.29) is 6.09 Å². The number of hydrogen-bond donors (Lipinski definition) is 1. The first-order valence-corrected chi connectivity index (χ1v) is 5.99. The molecule has 0 spiro atoms. The van der Waals surface area contributed by atoms with Gasteiger partial charge < -0.3 is 15.4 Å². The van der Waals surface area contributed by atoms with E-state index in [4.69, 9.17) is 10.5 Å². The maximum absolute atomic E-state index is 11.6. The number of anilines is 1. The third-order valence-electron chi connectivity index (χ3n) is 3.06. The molecule has 92 valence electrons. The van der Waals surface area contributed by atoms with Gasteiger partial charge in [-0.3, -0.25) is 0 Å². The van der Waals surface area contributed by atoms with Crippen molar-refractivity contribution in [3.05, 3.63) is 29.3 Å². The molecule has 0 saturated carbocycles. The summed E-state index contributed by atoms with van der Waals surface area (Å²) in [6.07, 6.45) is 1.50. The van der Waals surface area contributed by atoms with Crippen molar-refractivity contribution >= 4 is 11.8 Å². The second-order valence-electron chi connectivity index (χ2n) is 4.21. The Kier molecular flexibility index (Phi) is 3.52. The van der Waals surface area contributed by atoms with E-state index in [0.717, 1.165) is 25.1 Å². The number of hydrogen-bond acceptors (Lipinski definition) is 3. The summed E-state index contributed by atoms with van der Waals surface area (Å²) in [5.74, 6) is 0. The van der Waals surface area contributed by atoms with Crippen LogP contribution in [0.5, 0.6) is 0 Å². The monoisotopic (exact) mass is 234 g/mol. The lowest BCUT2D eigenvalue weighted by molar-refractivity contribution is 0.109. The number of nitrogen functional groups attached to an aromatic ring is 1. The number of carbonyl (C=O) groups is 1. The molecule has 0 saturated heterocycles. The van der Waals surface area contributed by atoms with Gasteiger partial charge in [0.05, 0.1) is 6.61 Å². The molecule has 1 heterocycles. The molecular weight excluding hydrogens is 216 g/mol. The van der Waals surface area contributed by atoms with Crippen LogP contribution in [0.3, 0.4) is 0 Å². The van der Waals surface area contributed by atoms with Crippen molar-refractivity contribution in [1.29, 1.82) is 0 Å². The van der Waals surface area contributed by atoms with Gasteiger partial charge in [-0.05, 0) is 43.0 Å². The highest BCUT2D eigenvalue weighted by Crippen LogP contribution is 2.19. The van der Waals surface area contributed by atoms with E-state index in [9.17, 15) is 4.79 Å². The number of rotatable bonds is 1. The van der Waals surface area contributed by atoms with Gasteiger partial charge in [0.2, 0.25) is 0 Å². The second kappa shape index (κ2) is 5.08. The predicted octanol–water partition coefficient (Wildman–Crippen LogP) is 1.83. The third kappa shape index (κ3) is 2.70. The number of fused-ring (bicyclic) bond motifs is 1. The fraction of sp³-hybridized carbons (Fsp3) is 0.462. The van der Waals surface area contributed by atoms with Crippen LogP contribution < -0.4 is 5.73 Å². The molecule has 0 bridgehead atoms. The number of nitrogens with two attached hydrogens (primary N) is 1. The summed E-state index contributed by atoms with van der Waals surface area (Å²) in [6, 6.07) is 5.97. The van der Waals surface area contributed by atoms with Crippen LogP contribution >= 0.6 is 0 Å². The quantitative estimate of drug-likeness (QED) is 0.754. The summed E-state index contributed by atoms with van der Waals surface area (Å²) >= 11 is 0. The van der Waals surface area contributed by atoms with Crippen molar-refractivity contribution in [3.63, 3.8) is 0 Å². The molecule has 1 aliphatic rings. The Balaban J connectivity index is 2.08. The number of ether oxygens (including phenoxy) is 1. The summed E-state index contributed by atoms with van der Waals surface area (Å²) in [4.78, 5) is 13.4. The van der Waals surface area contributed by atoms with E-state index in [1.807, 2.05) is 19.1 Å². The Morgan fingerprint density at radius 2 is 2.06 bits per heavy atom. The first-order chi connectivity index (χ1) is 8.20. The van der Waals surface area contributed by atoms with Crippen molar-refractivity contribution in [2.75, 3.05) is 25.4 Å². The van der Waals surface area contributed by atoms with Gasteiger partial charge in [0.15, 0.2) is 0 Å². The first-order valence-electron chi connectivity index (χ1n) is 5.99. The van der Waals surface area contributed by atoms with Crippen molar-refractivity contribution in [3.8, 4) is 0 Å². The normalized spacial score (nSPS) is 15.0. The summed E-state index contributed by atoms with van der Waals surface area (Å²) in [5, 5.41) is 0. The minimum absolute atomic E-state index is 0.215. The smallest absolute Gasteiger partial charge is 0.409 e. The lowest BCUT2D eigenvalue weighted by Crippen LogP contribution is -2.33. The summed E-state index contributed by atoms with van der Waals surface area (Å²) in [7, 11) is 0. The fourth-order valence-electron chi connectivity index (χ4n) is 2.14. The average Bonchev–Trinajstić information content (AvgIpc) is 2.51. The zero-order valence-electron chi connectivity index (χ0n) is 10.1. The molecule has 0 aromatic heterocycles. The van der Waals surface area contributed by atoms with Crippen molar-refractivity contribution in [2.45, 2.75) is 19.8 Å². The molecule has 4 nitrogen and oxygen atoms in total. The lowest BCUT2D eigenvalue weighted by Gasteiger charge is -2.18. The largest absolute Gasteiger partial charge is 0.450 e. The lowest BCUT2D eigenvalue weighted by atomic mass is 10.0. The van der Waals surface area contributed by atoms with Gasteiger partial charge in [0.25, 0.3) is 0 Å². The topological polar surface area (TPSA) is 55.6 Å². The van der Waals surface area contributed by atoms with Crippen LogP contribution in [0.25, 0.3) is 0 Å². The van der Waals surface area contributed by atoms with Crippen LogP contribution in [0.15, 0.2) is 18.2 Å². The molecule has 0 atom stereocenters. The molecular formula is C13H18N2O2. The molecule has 1 aromatic carbocycles. The Morgan fingerprint density at radius 1 is 1.35 bits per heavy atom. The molecule has 0 radical (unpaired) electrons. The zero-order valence-corrected chi connectivity index (χ0v) is 10.1. The van der Waals surface area contributed by atoms with Crippen molar-refractivity contribution in [1.82, 2.24) is 4.90 Å². The molecule has 1 aromatic rings. The summed E-state index contributed by atoms with van der Waals surface area (Å²) < 4.78 is 5.02. The van der Waals surface area contributed by atoms with Crippen LogP contribution in [0.2, 0.25) is 0 Å². The van der Waals surface area contributed by atoms with E-state index >= 15 is 0 Å². The number of benzene rings is 1. The van der Waals surface area contributed by atoms with E-state index < -0.39 is 0 Å². The van der Waals surface area contributed by atoms with Crippen LogP contribution in [-0.4, -0.2) is 30.7 Å². The Bertz CT molecular complexity index is 418. The van der Waals surface area contributed by atoms with Gasteiger partial charge in [-0.1, -0.05) is 6.07 Å². The molecule has 1 aliphatic heterocycles. The van der Waals surface area contributed by atoms with Crippen molar-refractivity contribution in [2.24, 2.45) is 0 Å². The van der Waals surface area contributed by atoms with E-state index in [0.29, 0.717) is 13.2 Å². The van der Waals surface area contributed by atoms with Crippen molar-refractivity contribution < 1.29 is 9.53 Å². The maximum atomic E-state index is 11.6. The molecule has 0 fully saturated rings. The highest BCUT2D eigenvalue weighted by atomic mass is 16.6. The summed E-state index contributed by atoms with van der Waals surface area (Å²) in [5.41, 5.74) is 9.09. The predicted molar refractivity (Wildman–Crippen MR) is 66.9 cm³/mol. The SMILES string of the molecule is CCOC(=O)N1CCc2ccc(N)cc2CC1. The van der Waals surface area contributed by atoms with Crippen LogP contribution in [0.1, 0.15) is 18.1 Å². The minimum atomic E-state index is -0.215. The minimum Gasteiger partial charge on any atom is -0.450 e. The van der Waals surface area contributed by atoms with E-state index in [1.54, 1.807) is 4.90 Å². The molecule has 2 rings (SSSR count). The number of nitrogens with zero attached hydrogens (tertiary/aromatic N) is 1. The fourth-order valence-corrected chi connectivity index (χ4v) is 2.14. The van der Waals surface area contributed by atoms with E-state index in [1.165, 1.54) is 11.1 Å². The zero-order chi connectivity index (χ0) is 12.3. The van der Waals surface area contributed by atoms with Crippen LogP contribution in [0, 0.1) is 0 Å². The second-order valence-corrected chi connectivity index (χ2v) is 4.21. The highest BCUT2D eigenvalue weighted by molar-refractivity contribution is 5.67. The first kappa shape index (κ1) is 11.8. The van der Waals surface area contributed by atoms with Gasteiger partial charge >= 0.3 is 6.09 Å². The molecule has 0 unspecified atom stereocenters. The van der Waals surface area contributed by atoms with Crippen LogP contribution in [0.4, 0.5) is 10.5 Å². The van der Waals surface area contributed by atoms with Gasteiger partial charge in [-0.15, -0.1) is 0 Å². The van der Waals surface area contributed by atoms with Crippen LogP contribution in [-0.2, 0) is 17.6 Å². The Morgan fingerprint density at radius 3 is 2.76 bits per heavy atom. The highest BCUT2D eigenvalue weighted by Gasteiger charge is 2.19. The number of carbonyl (C=O) groups excluding carboxylic acids is 1. The average molecular weight is 234 g/mol. The third-order valence-corrected chi connectivity index (χ3v) is 3.06. The maximum Gasteiger partial charge on any atom is 0.409 e. The molecule has 4 heteroatoms. The Labute approximate surface area is 101 Å². The van der Waals surface area contributed by atoms with E-state index in [2.05, 4.69) is 6.07 Å². The molecule has 1 amide bonds. The molecule has 17 heavy (non-hydrogen) atoms.